The molecule has 1 saturated heterocycles. The van der Waals surface area contributed by atoms with Crippen molar-refractivity contribution in [3.63, 3.8) is 0 Å². The lowest BCUT2D eigenvalue weighted by Crippen LogP contribution is -2.50. The molecule has 8 nitrogen and oxygen atoms in total. The van der Waals surface area contributed by atoms with E-state index in [0.29, 0.717) is 26.2 Å². The van der Waals surface area contributed by atoms with Gasteiger partial charge >= 0.3 is 5.97 Å². The number of hydrogen-bond donors (Lipinski definition) is 1. The van der Waals surface area contributed by atoms with E-state index in [1.807, 2.05) is 0 Å². The molecular weight excluding hydrogens is 369 g/mol. The van der Waals surface area contributed by atoms with E-state index in [4.69, 9.17) is 9.15 Å². The van der Waals surface area contributed by atoms with Crippen LogP contribution in [0.25, 0.3) is 0 Å². The smallest absolute Gasteiger partial charge is 0.325 e. The number of nitrogens with one attached hydrogen (secondary N) is 1. The summed E-state index contributed by atoms with van der Waals surface area (Å²) in [6.07, 6.45) is 1.35. The lowest BCUT2D eigenvalue weighted by molar-refractivity contribution is -0.151. The Balaban J connectivity index is 1.36. The molecule has 0 spiro atoms. The van der Waals surface area contributed by atoms with Gasteiger partial charge in [0.15, 0.2) is 12.4 Å². The molecule has 1 aromatic carbocycles. The van der Waals surface area contributed by atoms with Crippen LogP contribution < -0.4 is 10.2 Å². The summed E-state index contributed by atoms with van der Waals surface area (Å²) in [6.45, 7) is 1.41. The average molecular weight is 389 g/mol. The second-order valence-electron chi connectivity index (χ2n) is 6.16. The van der Waals surface area contributed by atoms with Crippen LogP contribution >= 0.6 is 0 Å². The number of furan rings is 1. The maximum atomic E-state index is 13.0. The molecular formula is C19H20FN3O5. The van der Waals surface area contributed by atoms with Crippen molar-refractivity contribution in [2.45, 2.75) is 0 Å². The van der Waals surface area contributed by atoms with E-state index < -0.39 is 11.9 Å². The van der Waals surface area contributed by atoms with Crippen molar-refractivity contribution >= 4 is 23.5 Å². The van der Waals surface area contributed by atoms with Gasteiger partial charge in [-0.05, 0) is 36.4 Å². The monoisotopic (exact) mass is 389 g/mol. The Hall–Kier alpha value is -3.36. The number of nitrogens with zero attached hydrogens (tertiary/aromatic N) is 2. The molecule has 1 fully saturated rings. The quantitative estimate of drug-likeness (QED) is 0.743. The fourth-order valence-electron chi connectivity index (χ4n) is 2.80. The van der Waals surface area contributed by atoms with Crippen LogP contribution in [-0.4, -0.2) is 62.0 Å². The predicted octanol–water partition coefficient (Wildman–Crippen LogP) is 1.04. The lowest BCUT2D eigenvalue weighted by Gasteiger charge is -2.36. The lowest BCUT2D eigenvalue weighted by atomic mass is 10.2. The van der Waals surface area contributed by atoms with Crippen molar-refractivity contribution in [1.29, 1.82) is 0 Å². The highest BCUT2D eigenvalue weighted by Crippen LogP contribution is 2.16. The predicted molar refractivity (Wildman–Crippen MR) is 97.2 cm³/mol. The number of hydrogen-bond acceptors (Lipinski definition) is 6. The Labute approximate surface area is 160 Å². The number of esters is 1. The van der Waals surface area contributed by atoms with Crippen LogP contribution in [-0.2, 0) is 14.3 Å². The van der Waals surface area contributed by atoms with E-state index in [-0.39, 0.29) is 30.6 Å². The molecule has 0 unspecified atom stereocenters. The molecule has 2 heterocycles. The highest BCUT2D eigenvalue weighted by molar-refractivity contribution is 5.93. The third kappa shape index (κ3) is 5.09. The van der Waals surface area contributed by atoms with Gasteiger partial charge in [-0.2, -0.15) is 0 Å². The molecule has 1 aliphatic heterocycles. The Bertz CT molecular complexity index is 815. The van der Waals surface area contributed by atoms with Crippen molar-refractivity contribution in [2.75, 3.05) is 44.2 Å². The first-order valence-electron chi connectivity index (χ1n) is 8.78. The second-order valence-corrected chi connectivity index (χ2v) is 6.16. The first kappa shape index (κ1) is 19.4. The number of piperazine rings is 1. The molecule has 1 aliphatic rings. The summed E-state index contributed by atoms with van der Waals surface area (Å²) in [7, 11) is 0. The molecule has 3 rings (SSSR count). The highest BCUT2D eigenvalue weighted by Gasteiger charge is 2.22. The molecule has 28 heavy (non-hydrogen) atoms. The van der Waals surface area contributed by atoms with Gasteiger partial charge in [-0.1, -0.05) is 0 Å². The Morgan fingerprint density at radius 3 is 2.43 bits per heavy atom. The third-order valence-corrected chi connectivity index (χ3v) is 4.32. The van der Waals surface area contributed by atoms with Crippen LogP contribution in [0.4, 0.5) is 10.1 Å². The van der Waals surface area contributed by atoms with Crippen molar-refractivity contribution in [1.82, 2.24) is 10.2 Å². The molecule has 1 N–H and O–H groups in total. The molecule has 0 aliphatic carbocycles. The number of rotatable bonds is 6. The van der Waals surface area contributed by atoms with E-state index in [1.165, 1.54) is 24.5 Å². The molecule has 2 aromatic rings. The van der Waals surface area contributed by atoms with Gasteiger partial charge in [0.2, 0.25) is 0 Å². The molecule has 0 saturated carbocycles. The zero-order valence-corrected chi connectivity index (χ0v) is 15.1. The second kappa shape index (κ2) is 9.03. The summed E-state index contributed by atoms with van der Waals surface area (Å²) < 4.78 is 22.8. The number of halogens is 1. The average Bonchev–Trinajstić information content (AvgIpc) is 3.26. The van der Waals surface area contributed by atoms with Gasteiger partial charge in [-0.15, -0.1) is 0 Å². The van der Waals surface area contributed by atoms with Gasteiger partial charge in [-0.3, -0.25) is 14.4 Å². The van der Waals surface area contributed by atoms with Crippen molar-refractivity contribution in [3.05, 3.63) is 54.2 Å². The molecule has 148 valence electrons. The number of carbonyl (C=O) groups excluding carboxylic acids is 3. The van der Waals surface area contributed by atoms with E-state index >= 15 is 0 Å². The molecule has 9 heteroatoms. The maximum absolute atomic E-state index is 13.0. The summed E-state index contributed by atoms with van der Waals surface area (Å²) in [5.41, 5.74) is 0.896. The number of benzene rings is 1. The maximum Gasteiger partial charge on any atom is 0.325 e. The molecule has 0 bridgehead atoms. The highest BCUT2D eigenvalue weighted by atomic mass is 19.1. The van der Waals surface area contributed by atoms with Crippen LogP contribution in [0.3, 0.4) is 0 Å². The van der Waals surface area contributed by atoms with E-state index in [1.54, 1.807) is 23.1 Å². The topological polar surface area (TPSA) is 92.1 Å². The summed E-state index contributed by atoms with van der Waals surface area (Å²) in [4.78, 5) is 39.2. The Kier molecular flexibility index (Phi) is 6.25. The zero-order chi connectivity index (χ0) is 19.9. The fraction of sp³-hybridized carbons (Fsp3) is 0.316. The summed E-state index contributed by atoms with van der Waals surface area (Å²) >= 11 is 0. The van der Waals surface area contributed by atoms with Crippen LogP contribution in [0.5, 0.6) is 0 Å². The number of carbonyl (C=O) groups is 3. The van der Waals surface area contributed by atoms with Gasteiger partial charge in [0.25, 0.3) is 11.8 Å². The minimum absolute atomic E-state index is 0.0860. The van der Waals surface area contributed by atoms with Gasteiger partial charge < -0.3 is 24.3 Å². The SMILES string of the molecule is O=C(CNC(=O)c1ccco1)OCC(=O)N1CCN(c2ccc(F)cc2)CC1. The van der Waals surface area contributed by atoms with E-state index in [2.05, 4.69) is 10.2 Å². The fourth-order valence-corrected chi connectivity index (χ4v) is 2.80. The van der Waals surface area contributed by atoms with Gasteiger partial charge in [0, 0.05) is 31.9 Å². The van der Waals surface area contributed by atoms with Crippen molar-refractivity contribution in [2.24, 2.45) is 0 Å². The largest absolute Gasteiger partial charge is 0.459 e. The molecule has 1 aromatic heterocycles. The number of anilines is 1. The Morgan fingerprint density at radius 2 is 1.79 bits per heavy atom. The third-order valence-electron chi connectivity index (χ3n) is 4.32. The summed E-state index contributed by atoms with van der Waals surface area (Å²) in [6, 6.07) is 9.22. The minimum Gasteiger partial charge on any atom is -0.459 e. The molecule has 0 radical (unpaired) electrons. The summed E-state index contributed by atoms with van der Waals surface area (Å²) in [5, 5.41) is 2.35. The van der Waals surface area contributed by atoms with Crippen LogP contribution in [0.2, 0.25) is 0 Å². The normalized spacial score (nSPS) is 13.9. The van der Waals surface area contributed by atoms with Gasteiger partial charge in [0.05, 0.1) is 6.26 Å². The van der Waals surface area contributed by atoms with Crippen LogP contribution in [0.1, 0.15) is 10.6 Å². The minimum atomic E-state index is -0.710. The van der Waals surface area contributed by atoms with Crippen LogP contribution in [0.15, 0.2) is 47.1 Å². The first-order valence-corrected chi connectivity index (χ1v) is 8.78. The summed E-state index contributed by atoms with van der Waals surface area (Å²) in [5.74, 6) is -1.75. The first-order chi connectivity index (χ1) is 13.5. The molecule has 0 atom stereocenters. The number of amides is 2. The number of ether oxygens (including phenoxy) is 1. The van der Waals surface area contributed by atoms with Crippen LogP contribution in [0, 0.1) is 5.82 Å². The standard InChI is InChI=1S/C19H20FN3O5/c20-14-3-5-15(6-4-14)22-7-9-23(10-8-22)17(24)13-28-18(25)12-21-19(26)16-2-1-11-27-16/h1-6,11H,7-10,12-13H2,(H,21,26). The van der Waals surface area contributed by atoms with Crippen molar-refractivity contribution < 1.29 is 27.9 Å². The molecule has 2 amide bonds. The van der Waals surface area contributed by atoms with Gasteiger partial charge in [0.1, 0.15) is 12.4 Å². The zero-order valence-electron chi connectivity index (χ0n) is 15.1. The van der Waals surface area contributed by atoms with Gasteiger partial charge in [-0.25, -0.2) is 4.39 Å². The van der Waals surface area contributed by atoms with E-state index in [9.17, 15) is 18.8 Å². The van der Waals surface area contributed by atoms with E-state index in [0.717, 1.165) is 5.69 Å². The Morgan fingerprint density at radius 1 is 1.07 bits per heavy atom. The van der Waals surface area contributed by atoms with Crippen molar-refractivity contribution in [3.8, 4) is 0 Å².